The third-order valence-electron chi connectivity index (χ3n) is 11.2. The molecular weight excluding hydrogens is 790 g/mol. The molecule has 9 heteroatoms. The Labute approximate surface area is 360 Å². The first-order valence-electron chi connectivity index (χ1n) is 20.0. The molecule has 2 aromatic heterocycles. The summed E-state index contributed by atoms with van der Waals surface area (Å²) >= 11 is 0. The van der Waals surface area contributed by atoms with Gasteiger partial charge >= 0.3 is 6.18 Å². The molecule has 10 aromatic rings. The summed E-state index contributed by atoms with van der Waals surface area (Å²) in [7, 11) is 0. The molecule has 0 aliphatic heterocycles. The highest BCUT2D eigenvalue weighted by atomic mass is 19.4. The number of aromatic nitrogens is 4. The van der Waals surface area contributed by atoms with Gasteiger partial charge in [-0.2, -0.15) is 23.7 Å². The molecule has 0 radical (unpaired) electrons. The maximum Gasteiger partial charge on any atom is 0.417 e. The van der Waals surface area contributed by atoms with Gasteiger partial charge in [0, 0.05) is 33.0 Å². The Hall–Kier alpha value is -8.66. The van der Waals surface area contributed by atoms with E-state index in [1.54, 1.807) is 42.5 Å². The smallest absolute Gasteiger partial charge is 0.309 e. The molecule has 298 valence electrons. The lowest BCUT2D eigenvalue weighted by molar-refractivity contribution is -0.137. The number of nitriles is 2. The molecule has 0 spiro atoms. The molecule has 0 aliphatic carbocycles. The summed E-state index contributed by atoms with van der Waals surface area (Å²) in [5.74, 6) is 1.24. The molecule has 0 saturated carbocycles. The minimum atomic E-state index is -4.65. The standard InChI is InChI=1S/C54H31F3N6/c55-54(56,57)47-14-8-7-13-43(47)44-28-25-42(53-61-51(38-9-3-1-4-10-38)60-52(62-53)39-11-5-2-6-12-39)31-50(44)63-48-29-40(36-19-15-34(32-58)16-20-36)23-26-45(48)46-27-24-41(30-49(46)63)37-21-17-35(33-59)18-22-37/h1-31H. The molecule has 0 atom stereocenters. The molecule has 0 aliphatic rings. The molecule has 6 nitrogen and oxygen atoms in total. The molecule has 10 rings (SSSR count). The minimum Gasteiger partial charge on any atom is -0.309 e. The van der Waals surface area contributed by atoms with Gasteiger partial charge in [-0.15, -0.1) is 0 Å². The van der Waals surface area contributed by atoms with Crippen molar-refractivity contribution in [1.29, 1.82) is 10.5 Å². The van der Waals surface area contributed by atoms with E-state index in [1.165, 1.54) is 12.1 Å². The normalized spacial score (nSPS) is 11.4. The summed E-state index contributed by atoms with van der Waals surface area (Å²) in [4.78, 5) is 14.8. The fourth-order valence-corrected chi connectivity index (χ4v) is 8.10. The van der Waals surface area contributed by atoms with Gasteiger partial charge in [-0.05, 0) is 76.3 Å². The largest absolute Gasteiger partial charge is 0.417 e. The van der Waals surface area contributed by atoms with Crippen LogP contribution in [0.3, 0.4) is 0 Å². The first kappa shape index (κ1) is 38.5. The van der Waals surface area contributed by atoms with E-state index >= 15 is 0 Å². The summed E-state index contributed by atoms with van der Waals surface area (Å²) in [5.41, 5.74) is 8.19. The Morgan fingerprint density at radius 3 is 1.30 bits per heavy atom. The third-order valence-corrected chi connectivity index (χ3v) is 11.2. The second-order valence-electron chi connectivity index (χ2n) is 15.0. The maximum atomic E-state index is 15.0. The summed E-state index contributed by atoms with van der Waals surface area (Å²) in [6.45, 7) is 0. The predicted octanol–water partition coefficient (Wildman–Crippen LogP) is 13.7. The van der Waals surface area contributed by atoms with Crippen molar-refractivity contribution >= 4 is 21.8 Å². The third kappa shape index (κ3) is 7.24. The highest BCUT2D eigenvalue weighted by Crippen LogP contribution is 2.44. The van der Waals surface area contributed by atoms with Crippen molar-refractivity contribution in [3.05, 3.63) is 205 Å². The Morgan fingerprint density at radius 1 is 0.397 bits per heavy atom. The molecule has 0 fully saturated rings. The van der Waals surface area contributed by atoms with Gasteiger partial charge in [0.05, 0.1) is 45.5 Å². The van der Waals surface area contributed by atoms with Crippen molar-refractivity contribution in [3.8, 4) is 85.4 Å². The van der Waals surface area contributed by atoms with Crippen LogP contribution in [0.1, 0.15) is 16.7 Å². The quantitative estimate of drug-likeness (QED) is 0.160. The van der Waals surface area contributed by atoms with Gasteiger partial charge in [0.15, 0.2) is 17.5 Å². The monoisotopic (exact) mass is 820 g/mol. The highest BCUT2D eigenvalue weighted by Gasteiger charge is 2.34. The van der Waals surface area contributed by atoms with Gasteiger partial charge in [0.2, 0.25) is 0 Å². The van der Waals surface area contributed by atoms with Crippen LogP contribution in [-0.2, 0) is 6.18 Å². The molecule has 63 heavy (non-hydrogen) atoms. The van der Waals surface area contributed by atoms with Crippen LogP contribution in [0.5, 0.6) is 0 Å². The van der Waals surface area contributed by atoms with Crippen molar-refractivity contribution in [2.75, 3.05) is 0 Å². The average Bonchev–Trinajstić information content (AvgIpc) is 3.66. The van der Waals surface area contributed by atoms with Gasteiger partial charge < -0.3 is 4.57 Å². The van der Waals surface area contributed by atoms with Crippen molar-refractivity contribution in [2.24, 2.45) is 0 Å². The Kier molecular flexibility index (Phi) is 9.63. The number of benzene rings is 8. The van der Waals surface area contributed by atoms with Crippen LogP contribution in [0, 0.1) is 22.7 Å². The summed E-state index contributed by atoms with van der Waals surface area (Å²) in [6.07, 6.45) is -4.65. The van der Waals surface area contributed by atoms with E-state index in [1.807, 2.05) is 132 Å². The number of nitrogens with zero attached hydrogens (tertiary/aromatic N) is 6. The Morgan fingerprint density at radius 2 is 0.825 bits per heavy atom. The Balaban J connectivity index is 1.30. The number of halogens is 3. The molecule has 0 saturated heterocycles. The van der Waals surface area contributed by atoms with Crippen LogP contribution in [0.15, 0.2) is 188 Å². The number of hydrogen-bond acceptors (Lipinski definition) is 5. The lowest BCUT2D eigenvalue weighted by Crippen LogP contribution is -2.08. The van der Waals surface area contributed by atoms with Gasteiger partial charge in [0.25, 0.3) is 0 Å². The highest BCUT2D eigenvalue weighted by molar-refractivity contribution is 6.12. The van der Waals surface area contributed by atoms with Crippen LogP contribution in [0.4, 0.5) is 13.2 Å². The van der Waals surface area contributed by atoms with Crippen molar-refractivity contribution in [1.82, 2.24) is 19.5 Å². The van der Waals surface area contributed by atoms with Crippen LogP contribution in [0.25, 0.3) is 95.0 Å². The lowest BCUT2D eigenvalue weighted by atomic mass is 9.95. The average molecular weight is 821 g/mol. The second kappa shape index (κ2) is 15.7. The second-order valence-corrected chi connectivity index (χ2v) is 15.0. The molecular formula is C54H31F3N6. The predicted molar refractivity (Wildman–Crippen MR) is 241 cm³/mol. The number of rotatable bonds is 7. The van der Waals surface area contributed by atoms with Gasteiger partial charge in [-0.25, -0.2) is 15.0 Å². The summed E-state index contributed by atoms with van der Waals surface area (Å²) in [5, 5.41) is 20.8. The first-order valence-corrected chi connectivity index (χ1v) is 20.0. The minimum absolute atomic E-state index is 0.0126. The van der Waals surface area contributed by atoms with Crippen LogP contribution >= 0.6 is 0 Å². The van der Waals surface area contributed by atoms with E-state index in [-0.39, 0.29) is 5.56 Å². The number of hydrogen-bond donors (Lipinski definition) is 0. The molecule has 0 N–H and O–H groups in total. The maximum absolute atomic E-state index is 15.0. The number of alkyl halides is 3. The van der Waals surface area contributed by atoms with Gasteiger partial charge in [-0.3, -0.25) is 0 Å². The fourth-order valence-electron chi connectivity index (χ4n) is 8.10. The van der Waals surface area contributed by atoms with Gasteiger partial charge in [0.1, 0.15) is 0 Å². The molecule has 0 amide bonds. The van der Waals surface area contributed by atoms with Crippen molar-refractivity contribution in [3.63, 3.8) is 0 Å². The summed E-state index contributed by atoms with van der Waals surface area (Å²) in [6, 6.07) is 61.2. The molecule has 2 heterocycles. The Bertz CT molecular complexity index is 3260. The zero-order chi connectivity index (χ0) is 43.1. The van der Waals surface area contributed by atoms with E-state index in [4.69, 9.17) is 15.0 Å². The van der Waals surface area contributed by atoms with Crippen molar-refractivity contribution < 1.29 is 13.2 Å². The topological polar surface area (TPSA) is 91.2 Å². The zero-order valence-corrected chi connectivity index (χ0v) is 33.2. The lowest BCUT2D eigenvalue weighted by Gasteiger charge is -2.19. The number of fused-ring (bicyclic) bond motifs is 3. The van der Waals surface area contributed by atoms with Gasteiger partial charge in [-0.1, -0.05) is 140 Å². The van der Waals surface area contributed by atoms with E-state index in [9.17, 15) is 23.7 Å². The van der Waals surface area contributed by atoms with Crippen LogP contribution < -0.4 is 0 Å². The van der Waals surface area contributed by atoms with E-state index < -0.39 is 11.7 Å². The van der Waals surface area contributed by atoms with Crippen molar-refractivity contribution in [2.45, 2.75) is 6.18 Å². The summed E-state index contributed by atoms with van der Waals surface area (Å²) < 4.78 is 47.0. The van der Waals surface area contributed by atoms with E-state index in [0.717, 1.165) is 61.3 Å². The van der Waals surface area contributed by atoms with Crippen LogP contribution in [-0.4, -0.2) is 19.5 Å². The molecule has 8 aromatic carbocycles. The van der Waals surface area contributed by atoms with Crippen LogP contribution in [0.2, 0.25) is 0 Å². The first-order chi connectivity index (χ1) is 30.7. The fraction of sp³-hybridized carbons (Fsp3) is 0.0185. The SMILES string of the molecule is N#Cc1ccc(-c2ccc3c4ccc(-c5ccc(C#N)cc5)cc4n(-c4cc(-c5nc(-c6ccccc6)nc(-c6ccccc6)n5)ccc4-c4ccccc4C(F)(F)F)c3c2)cc1. The molecule has 0 unspecified atom stereocenters. The van der Waals surface area contributed by atoms with E-state index in [2.05, 4.69) is 12.1 Å². The molecule has 0 bridgehead atoms. The van der Waals surface area contributed by atoms with E-state index in [0.29, 0.717) is 45.4 Å². The zero-order valence-electron chi connectivity index (χ0n) is 33.2.